The van der Waals surface area contributed by atoms with Crippen LogP contribution in [0.15, 0.2) is 36.4 Å². The summed E-state index contributed by atoms with van der Waals surface area (Å²) in [6, 6.07) is 9.83. The van der Waals surface area contributed by atoms with E-state index in [-0.39, 0.29) is 30.1 Å². The molecule has 148 valence electrons. The lowest BCUT2D eigenvalue weighted by atomic mass is 9.89. The molecule has 0 radical (unpaired) electrons. The molecule has 0 unspecified atom stereocenters. The van der Waals surface area contributed by atoms with Crippen LogP contribution in [0.2, 0.25) is 0 Å². The van der Waals surface area contributed by atoms with Gasteiger partial charge in [0.05, 0.1) is 11.3 Å². The Morgan fingerprint density at radius 3 is 2.64 bits per heavy atom. The Kier molecular flexibility index (Phi) is 6.39. The van der Waals surface area contributed by atoms with E-state index >= 15 is 0 Å². The molecule has 1 aliphatic rings. The predicted octanol–water partition coefficient (Wildman–Crippen LogP) is 3.58. The van der Waals surface area contributed by atoms with Gasteiger partial charge in [0.25, 0.3) is 5.91 Å². The molecule has 2 amide bonds. The number of hydrogen-bond donors (Lipinski definition) is 1. The monoisotopic (exact) mass is 383 g/mol. The molecule has 1 aromatic heterocycles. The third-order valence-corrected chi connectivity index (χ3v) is 5.19. The second-order valence-corrected chi connectivity index (χ2v) is 7.21. The quantitative estimate of drug-likeness (QED) is 0.859. The van der Waals surface area contributed by atoms with Crippen LogP contribution in [-0.4, -0.2) is 34.8 Å². The number of carbonyl (C=O) groups excluding carboxylic acids is 2. The van der Waals surface area contributed by atoms with E-state index in [2.05, 4.69) is 10.3 Å². The molecule has 1 N–H and O–H groups in total. The summed E-state index contributed by atoms with van der Waals surface area (Å²) < 4.78 is 13.3. The van der Waals surface area contributed by atoms with Gasteiger partial charge < -0.3 is 10.2 Å². The van der Waals surface area contributed by atoms with E-state index in [0.717, 1.165) is 24.2 Å². The van der Waals surface area contributed by atoms with Crippen molar-refractivity contribution >= 4 is 11.8 Å². The molecule has 1 aromatic carbocycles. The summed E-state index contributed by atoms with van der Waals surface area (Å²) >= 11 is 0. The first-order chi connectivity index (χ1) is 13.5. The van der Waals surface area contributed by atoms with Crippen molar-refractivity contribution in [2.45, 2.75) is 45.6 Å². The van der Waals surface area contributed by atoms with E-state index in [1.807, 2.05) is 30.9 Å². The number of benzene rings is 1. The number of amides is 2. The number of pyridine rings is 1. The maximum atomic E-state index is 13.3. The van der Waals surface area contributed by atoms with E-state index in [1.54, 1.807) is 12.1 Å². The molecule has 28 heavy (non-hydrogen) atoms. The van der Waals surface area contributed by atoms with Gasteiger partial charge in [-0.2, -0.15) is 0 Å². The van der Waals surface area contributed by atoms with Gasteiger partial charge in [-0.15, -0.1) is 0 Å². The highest BCUT2D eigenvalue weighted by molar-refractivity contribution is 5.95. The highest BCUT2D eigenvalue weighted by Gasteiger charge is 2.27. The van der Waals surface area contributed by atoms with Gasteiger partial charge in [0.2, 0.25) is 5.91 Å². The average molecular weight is 383 g/mol. The second kappa shape index (κ2) is 8.95. The maximum absolute atomic E-state index is 13.3. The third-order valence-electron chi connectivity index (χ3n) is 5.19. The SMILES string of the molecule is CCC(=O)N1CCC(c2nc(C)ccc2C(=O)NCc2cccc(F)c2)CC1. The van der Waals surface area contributed by atoms with Crippen molar-refractivity contribution in [1.82, 2.24) is 15.2 Å². The standard InChI is InChI=1S/C22H26FN3O2/c1-3-20(27)26-11-9-17(10-12-26)21-19(8-7-15(2)25-21)22(28)24-14-16-5-4-6-18(23)13-16/h4-8,13,17H,3,9-12,14H2,1-2H3,(H,24,28). The Balaban J connectivity index is 1.72. The zero-order chi connectivity index (χ0) is 20.1. The molecule has 1 saturated heterocycles. The van der Waals surface area contributed by atoms with Gasteiger partial charge in [0.15, 0.2) is 0 Å². The van der Waals surface area contributed by atoms with E-state index in [4.69, 9.17) is 0 Å². The van der Waals surface area contributed by atoms with Crippen LogP contribution in [0.5, 0.6) is 0 Å². The number of nitrogens with zero attached hydrogens (tertiary/aromatic N) is 2. The van der Waals surface area contributed by atoms with Crippen LogP contribution < -0.4 is 5.32 Å². The molecule has 5 nitrogen and oxygen atoms in total. The molecule has 3 rings (SSSR count). The van der Waals surface area contributed by atoms with Crippen LogP contribution >= 0.6 is 0 Å². The fourth-order valence-electron chi connectivity index (χ4n) is 3.63. The molecule has 0 atom stereocenters. The van der Waals surface area contributed by atoms with E-state index in [9.17, 15) is 14.0 Å². The number of nitrogens with one attached hydrogen (secondary N) is 1. The minimum atomic E-state index is -0.321. The second-order valence-electron chi connectivity index (χ2n) is 7.21. The average Bonchev–Trinajstić information content (AvgIpc) is 2.71. The van der Waals surface area contributed by atoms with Crippen LogP contribution in [0.25, 0.3) is 0 Å². The van der Waals surface area contributed by atoms with Crippen molar-refractivity contribution in [2.24, 2.45) is 0 Å². The molecule has 0 spiro atoms. The van der Waals surface area contributed by atoms with Crippen molar-refractivity contribution in [3.8, 4) is 0 Å². The minimum Gasteiger partial charge on any atom is -0.348 e. The molecule has 2 heterocycles. The smallest absolute Gasteiger partial charge is 0.253 e. The van der Waals surface area contributed by atoms with Gasteiger partial charge in [-0.25, -0.2) is 4.39 Å². The Hall–Kier alpha value is -2.76. The van der Waals surface area contributed by atoms with Crippen molar-refractivity contribution in [3.63, 3.8) is 0 Å². The number of hydrogen-bond acceptors (Lipinski definition) is 3. The molecular weight excluding hydrogens is 357 g/mol. The van der Waals surface area contributed by atoms with Crippen LogP contribution in [-0.2, 0) is 11.3 Å². The molecule has 2 aromatic rings. The number of piperidine rings is 1. The van der Waals surface area contributed by atoms with Crippen LogP contribution in [0.3, 0.4) is 0 Å². The summed E-state index contributed by atoms with van der Waals surface area (Å²) in [6.07, 6.45) is 2.11. The number of halogens is 1. The largest absolute Gasteiger partial charge is 0.348 e. The van der Waals surface area contributed by atoms with Crippen LogP contribution in [0, 0.1) is 12.7 Å². The molecule has 1 aliphatic heterocycles. The summed E-state index contributed by atoms with van der Waals surface area (Å²) in [5.41, 5.74) is 2.92. The minimum absolute atomic E-state index is 0.149. The molecule has 1 fully saturated rings. The molecule has 0 bridgehead atoms. The zero-order valence-electron chi connectivity index (χ0n) is 16.4. The fraction of sp³-hybridized carbons (Fsp3) is 0.409. The van der Waals surface area contributed by atoms with Crippen molar-refractivity contribution in [2.75, 3.05) is 13.1 Å². The molecule has 6 heteroatoms. The molecular formula is C22H26FN3O2. The van der Waals surface area contributed by atoms with E-state index < -0.39 is 0 Å². The van der Waals surface area contributed by atoms with Crippen LogP contribution in [0.4, 0.5) is 4.39 Å². The third kappa shape index (κ3) is 4.74. The normalized spacial score (nSPS) is 14.8. The fourth-order valence-corrected chi connectivity index (χ4v) is 3.63. The maximum Gasteiger partial charge on any atom is 0.253 e. The highest BCUT2D eigenvalue weighted by atomic mass is 19.1. The summed E-state index contributed by atoms with van der Waals surface area (Å²) in [7, 11) is 0. The molecule has 0 aliphatic carbocycles. The van der Waals surface area contributed by atoms with Crippen LogP contribution in [0.1, 0.15) is 59.4 Å². The summed E-state index contributed by atoms with van der Waals surface area (Å²) in [4.78, 5) is 31.2. The first-order valence-electron chi connectivity index (χ1n) is 9.76. The molecule has 0 saturated carbocycles. The van der Waals surface area contributed by atoms with Crippen molar-refractivity contribution in [3.05, 3.63) is 64.7 Å². The lowest BCUT2D eigenvalue weighted by molar-refractivity contribution is -0.131. The number of aromatic nitrogens is 1. The van der Waals surface area contributed by atoms with Crippen molar-refractivity contribution in [1.29, 1.82) is 0 Å². The zero-order valence-corrected chi connectivity index (χ0v) is 16.4. The van der Waals surface area contributed by atoms with E-state index in [1.165, 1.54) is 12.1 Å². The topological polar surface area (TPSA) is 62.3 Å². The predicted molar refractivity (Wildman–Crippen MR) is 105 cm³/mol. The van der Waals surface area contributed by atoms with Gasteiger partial charge in [-0.3, -0.25) is 14.6 Å². The van der Waals surface area contributed by atoms with E-state index in [0.29, 0.717) is 30.6 Å². The number of rotatable bonds is 5. The summed E-state index contributed by atoms with van der Waals surface area (Å²) in [5, 5.41) is 2.87. The lowest BCUT2D eigenvalue weighted by Crippen LogP contribution is -2.38. The summed E-state index contributed by atoms with van der Waals surface area (Å²) in [5.74, 6) is -0.212. The van der Waals surface area contributed by atoms with Gasteiger partial charge in [-0.05, 0) is 49.6 Å². The first-order valence-corrected chi connectivity index (χ1v) is 9.76. The summed E-state index contributed by atoms with van der Waals surface area (Å²) in [6.45, 7) is 5.42. The number of aryl methyl sites for hydroxylation is 1. The lowest BCUT2D eigenvalue weighted by Gasteiger charge is -2.32. The Bertz CT molecular complexity index is 861. The van der Waals surface area contributed by atoms with Crippen molar-refractivity contribution < 1.29 is 14.0 Å². The van der Waals surface area contributed by atoms with Gasteiger partial charge in [0.1, 0.15) is 5.82 Å². The first kappa shape index (κ1) is 20.0. The number of carbonyl (C=O) groups is 2. The van der Waals surface area contributed by atoms with Gasteiger partial charge in [0, 0.05) is 37.7 Å². The van der Waals surface area contributed by atoms with Gasteiger partial charge >= 0.3 is 0 Å². The van der Waals surface area contributed by atoms with Gasteiger partial charge in [-0.1, -0.05) is 19.1 Å². The number of likely N-dealkylation sites (tertiary alicyclic amines) is 1. The Labute approximate surface area is 165 Å². The Morgan fingerprint density at radius 2 is 1.96 bits per heavy atom. The highest BCUT2D eigenvalue weighted by Crippen LogP contribution is 2.29. The Morgan fingerprint density at radius 1 is 1.21 bits per heavy atom.